The minimum Gasteiger partial charge on any atom is -0.497 e. The van der Waals surface area contributed by atoms with Gasteiger partial charge < -0.3 is 4.74 Å². The van der Waals surface area contributed by atoms with Crippen molar-refractivity contribution < 1.29 is 9.53 Å². The number of benzene rings is 1. The van der Waals surface area contributed by atoms with Gasteiger partial charge in [-0.2, -0.15) is 0 Å². The molecule has 0 unspecified atom stereocenters. The smallest absolute Gasteiger partial charge is 0.152 e. The van der Waals surface area contributed by atoms with E-state index in [0.29, 0.717) is 29.5 Å². The molecule has 2 saturated carbocycles. The zero-order chi connectivity index (χ0) is 17.8. The van der Waals surface area contributed by atoms with Gasteiger partial charge in [-0.05, 0) is 79.0 Å². The summed E-state index contributed by atoms with van der Waals surface area (Å²) in [5, 5.41) is 0. The molecule has 0 spiro atoms. The molecule has 6 atom stereocenters. The van der Waals surface area contributed by atoms with E-state index in [9.17, 15) is 4.79 Å². The number of Topliss-reactive ketones (excluding diaryl/α,β-unsaturated/α-hetero) is 1. The van der Waals surface area contributed by atoms with Crippen LogP contribution in [0, 0.1) is 23.2 Å². The number of alkyl halides is 1. The Balaban J connectivity index is 1.78. The summed E-state index contributed by atoms with van der Waals surface area (Å²) in [6.07, 6.45) is 6.62. The van der Waals surface area contributed by atoms with Gasteiger partial charge in [0.25, 0.3) is 0 Å². The molecule has 0 saturated heterocycles. The third-order valence-corrected chi connectivity index (χ3v) is 8.50. The maximum atomic E-state index is 13.0. The molecule has 0 radical (unpaired) electrons. The van der Waals surface area contributed by atoms with Crippen molar-refractivity contribution >= 4 is 21.7 Å². The van der Waals surface area contributed by atoms with Gasteiger partial charge in [-0.15, -0.1) is 0 Å². The largest absolute Gasteiger partial charge is 0.497 e. The van der Waals surface area contributed by atoms with Gasteiger partial charge in [-0.3, -0.25) is 4.79 Å². The summed E-state index contributed by atoms with van der Waals surface area (Å²) < 4.78 is 5.47. The molecule has 136 valence electrons. The van der Waals surface area contributed by atoms with Crippen LogP contribution in [0.2, 0.25) is 0 Å². The molecule has 25 heavy (non-hydrogen) atoms. The minimum atomic E-state index is -0.0628. The molecule has 0 heterocycles. The Hall–Kier alpha value is -0.830. The van der Waals surface area contributed by atoms with Gasteiger partial charge in [0.05, 0.1) is 11.9 Å². The molecule has 2 fully saturated rings. The normalized spacial score (nSPS) is 39.5. The lowest BCUT2D eigenvalue weighted by atomic mass is 9.51. The first-order valence-corrected chi connectivity index (χ1v) is 10.8. The Labute approximate surface area is 159 Å². The predicted molar refractivity (Wildman–Crippen MR) is 104 cm³/mol. The van der Waals surface area contributed by atoms with Crippen molar-refractivity contribution in [3.8, 4) is 5.75 Å². The van der Waals surface area contributed by atoms with E-state index in [2.05, 4.69) is 48.0 Å². The summed E-state index contributed by atoms with van der Waals surface area (Å²) in [5.41, 5.74) is 2.95. The molecule has 0 amide bonds. The lowest BCUT2D eigenvalue weighted by molar-refractivity contribution is -0.131. The fourth-order valence-electron chi connectivity index (χ4n) is 6.49. The Morgan fingerprint density at radius 1 is 1.32 bits per heavy atom. The second-order valence-corrected chi connectivity index (χ2v) is 9.45. The Kier molecular flexibility index (Phi) is 4.50. The molecule has 1 aromatic carbocycles. The summed E-state index contributed by atoms with van der Waals surface area (Å²) >= 11 is 3.71. The fourth-order valence-corrected chi connectivity index (χ4v) is 7.34. The SMILES string of the molecule is CC[C@@H]1Cc2cc(OC)ccc2[C@H]2CC[C@]3(CC)C(=O)[C@H](Br)C[C@H]3[C@H]12. The molecule has 4 rings (SSSR count). The second kappa shape index (κ2) is 6.40. The summed E-state index contributed by atoms with van der Waals surface area (Å²) in [4.78, 5) is 13.1. The monoisotopic (exact) mass is 404 g/mol. The van der Waals surface area contributed by atoms with Gasteiger partial charge in [-0.1, -0.05) is 42.3 Å². The van der Waals surface area contributed by atoms with E-state index in [1.807, 2.05) is 0 Å². The highest BCUT2D eigenvalue weighted by Gasteiger charge is 2.60. The maximum absolute atomic E-state index is 13.0. The summed E-state index contributed by atoms with van der Waals surface area (Å²) in [6, 6.07) is 6.68. The lowest BCUT2D eigenvalue weighted by Crippen LogP contribution is -2.47. The molecular weight excluding hydrogens is 376 g/mol. The number of fused-ring (bicyclic) bond motifs is 5. The first-order valence-electron chi connectivity index (χ1n) is 9.90. The third-order valence-electron chi connectivity index (χ3n) is 7.71. The maximum Gasteiger partial charge on any atom is 0.152 e. The molecule has 0 bridgehead atoms. The zero-order valence-electron chi connectivity index (χ0n) is 15.6. The zero-order valence-corrected chi connectivity index (χ0v) is 17.1. The summed E-state index contributed by atoms with van der Waals surface area (Å²) in [5.74, 6) is 3.98. The average Bonchev–Trinajstić information content (AvgIpc) is 2.91. The number of hydrogen-bond donors (Lipinski definition) is 0. The van der Waals surface area contributed by atoms with E-state index in [0.717, 1.165) is 37.9 Å². The number of ketones is 1. The van der Waals surface area contributed by atoms with Gasteiger partial charge in [-0.25, -0.2) is 0 Å². The Morgan fingerprint density at radius 2 is 2.12 bits per heavy atom. The van der Waals surface area contributed by atoms with Crippen LogP contribution in [0.4, 0.5) is 0 Å². The highest BCUT2D eigenvalue weighted by Crippen LogP contribution is 2.63. The number of ether oxygens (including phenoxy) is 1. The first-order chi connectivity index (χ1) is 12.1. The van der Waals surface area contributed by atoms with E-state index in [1.54, 1.807) is 7.11 Å². The van der Waals surface area contributed by atoms with Crippen LogP contribution in [0.5, 0.6) is 5.75 Å². The van der Waals surface area contributed by atoms with Crippen LogP contribution < -0.4 is 4.74 Å². The average molecular weight is 405 g/mol. The Morgan fingerprint density at radius 3 is 2.80 bits per heavy atom. The molecule has 2 nitrogen and oxygen atoms in total. The molecule has 3 heteroatoms. The molecule has 1 aromatic rings. The molecule has 0 N–H and O–H groups in total. The van der Waals surface area contributed by atoms with Crippen LogP contribution in [-0.4, -0.2) is 17.7 Å². The van der Waals surface area contributed by atoms with Gasteiger partial charge in [0.1, 0.15) is 5.75 Å². The van der Waals surface area contributed by atoms with E-state index in [4.69, 9.17) is 4.74 Å². The molecular formula is C22H29BrO2. The molecule has 0 aromatic heterocycles. The van der Waals surface area contributed by atoms with Crippen molar-refractivity contribution in [1.82, 2.24) is 0 Å². The van der Waals surface area contributed by atoms with E-state index in [-0.39, 0.29) is 10.2 Å². The molecule has 0 aliphatic heterocycles. The van der Waals surface area contributed by atoms with Crippen LogP contribution in [0.25, 0.3) is 0 Å². The number of carbonyl (C=O) groups excluding carboxylic acids is 1. The standard InChI is InChI=1S/C22H29BrO2/c1-4-13-10-14-11-15(25-3)6-7-16(14)17-8-9-22(5-2)18(20(13)17)12-19(23)21(22)24/h6-7,11,13,17-20H,4-5,8-10,12H2,1-3H3/t13-,17-,18+,19-,20-,22+/m1/s1. The molecule has 3 aliphatic carbocycles. The van der Waals surface area contributed by atoms with E-state index < -0.39 is 0 Å². The van der Waals surface area contributed by atoms with Crippen LogP contribution in [-0.2, 0) is 11.2 Å². The van der Waals surface area contributed by atoms with Crippen molar-refractivity contribution in [1.29, 1.82) is 0 Å². The predicted octanol–water partition coefficient (Wildman–Crippen LogP) is 5.52. The number of carbonyl (C=O) groups is 1. The lowest BCUT2D eigenvalue weighted by Gasteiger charge is -2.52. The fraction of sp³-hybridized carbons (Fsp3) is 0.682. The van der Waals surface area contributed by atoms with Crippen molar-refractivity contribution in [3.05, 3.63) is 29.3 Å². The topological polar surface area (TPSA) is 26.3 Å². The number of rotatable bonds is 3. The van der Waals surface area contributed by atoms with E-state index in [1.165, 1.54) is 17.5 Å². The first kappa shape index (κ1) is 17.6. The van der Waals surface area contributed by atoms with Crippen molar-refractivity contribution in [2.45, 2.75) is 63.1 Å². The molecule has 3 aliphatic rings. The second-order valence-electron chi connectivity index (χ2n) is 8.34. The number of methoxy groups -OCH3 is 1. The Bertz CT molecular complexity index is 685. The van der Waals surface area contributed by atoms with Crippen molar-refractivity contribution in [2.24, 2.45) is 23.2 Å². The van der Waals surface area contributed by atoms with Gasteiger partial charge in [0.15, 0.2) is 5.78 Å². The van der Waals surface area contributed by atoms with Gasteiger partial charge in [0, 0.05) is 5.41 Å². The highest BCUT2D eigenvalue weighted by molar-refractivity contribution is 9.10. The summed E-state index contributed by atoms with van der Waals surface area (Å²) in [7, 11) is 1.75. The van der Waals surface area contributed by atoms with Crippen LogP contribution >= 0.6 is 15.9 Å². The highest BCUT2D eigenvalue weighted by atomic mass is 79.9. The minimum absolute atomic E-state index is 0.0628. The van der Waals surface area contributed by atoms with Crippen LogP contribution in [0.15, 0.2) is 18.2 Å². The third kappa shape index (κ3) is 2.44. The summed E-state index contributed by atoms with van der Waals surface area (Å²) in [6.45, 7) is 4.57. The van der Waals surface area contributed by atoms with Crippen LogP contribution in [0.3, 0.4) is 0 Å². The van der Waals surface area contributed by atoms with Gasteiger partial charge in [0.2, 0.25) is 0 Å². The van der Waals surface area contributed by atoms with Crippen LogP contribution in [0.1, 0.15) is 63.0 Å². The van der Waals surface area contributed by atoms with Crippen molar-refractivity contribution in [3.63, 3.8) is 0 Å². The van der Waals surface area contributed by atoms with Crippen molar-refractivity contribution in [2.75, 3.05) is 7.11 Å². The quantitative estimate of drug-likeness (QED) is 0.619. The van der Waals surface area contributed by atoms with Gasteiger partial charge >= 0.3 is 0 Å². The number of halogens is 1. The van der Waals surface area contributed by atoms with E-state index >= 15 is 0 Å². The number of hydrogen-bond acceptors (Lipinski definition) is 2.